The number of nitrogens with zero attached hydrogens (tertiary/aromatic N) is 3. The molecule has 3 rings (SSSR count). The summed E-state index contributed by atoms with van der Waals surface area (Å²) in [6.07, 6.45) is -5.33. The Balaban J connectivity index is 0.00000385. The Hall–Kier alpha value is -0.560. The van der Waals surface area contributed by atoms with Gasteiger partial charge in [-0.1, -0.05) is 0 Å². The van der Waals surface area contributed by atoms with Crippen LogP contribution in [0.2, 0.25) is 0 Å². The number of rotatable bonds is 8. The average molecular weight is 546 g/mol. The largest absolute Gasteiger partial charge is 0.490 e. The molecule has 19 nitrogen and oxygen atoms in total. The number of nitrogen functional groups attached to an aromatic ring is 1. The van der Waals surface area contributed by atoms with Gasteiger partial charge in [-0.15, -0.1) is 0 Å². The van der Waals surface area contributed by atoms with Gasteiger partial charge in [0.15, 0.2) is 17.4 Å². The van der Waals surface area contributed by atoms with Gasteiger partial charge in [-0.05, 0) is 0 Å². The first kappa shape index (κ1) is 28.7. The zero-order valence-electron chi connectivity index (χ0n) is 16.3. The van der Waals surface area contributed by atoms with Gasteiger partial charge < -0.3 is 40.3 Å². The molecule has 0 aromatic carbocycles. The number of nitrogens with two attached hydrogens (primary N) is 1. The fourth-order valence-corrected chi connectivity index (χ4v) is 5.73. The van der Waals surface area contributed by atoms with Gasteiger partial charge >= 0.3 is 23.5 Å². The van der Waals surface area contributed by atoms with Crippen LogP contribution < -0.4 is 11.3 Å². The summed E-state index contributed by atoms with van der Waals surface area (Å²) in [4.78, 5) is 57.3. The van der Waals surface area contributed by atoms with Crippen molar-refractivity contribution in [1.29, 1.82) is 0 Å². The maximum Gasteiger partial charge on any atom is 0.490 e. The fraction of sp³-hybridized carbons (Fsp3) is 0.500. The summed E-state index contributed by atoms with van der Waals surface area (Å²) in [5.74, 6) is -0.276. The molecule has 3 heterocycles. The van der Waals surface area contributed by atoms with Crippen molar-refractivity contribution in [3.63, 3.8) is 0 Å². The van der Waals surface area contributed by atoms with Crippen LogP contribution in [0, 0.1) is 0 Å². The first-order chi connectivity index (χ1) is 14.6. The molecule has 0 bridgehead atoms. The van der Waals surface area contributed by atoms with Crippen LogP contribution >= 0.6 is 23.5 Å². The van der Waals surface area contributed by atoms with Gasteiger partial charge in [0.05, 0.1) is 12.9 Å². The van der Waals surface area contributed by atoms with Crippen molar-refractivity contribution in [3.8, 4) is 0 Å². The molecule has 0 saturated carbocycles. The molecule has 2 unspecified atom stereocenters. The minimum Gasteiger partial charge on any atom is -0.387 e. The van der Waals surface area contributed by atoms with Gasteiger partial charge in [0.25, 0.3) is 5.56 Å². The van der Waals surface area contributed by atoms with E-state index in [0.29, 0.717) is 0 Å². The molecule has 1 aliphatic heterocycles. The quantitative estimate of drug-likeness (QED) is 0.123. The Morgan fingerprint density at radius 1 is 1.12 bits per heavy atom. The van der Waals surface area contributed by atoms with Gasteiger partial charge in [0.1, 0.15) is 18.3 Å². The van der Waals surface area contributed by atoms with Crippen molar-refractivity contribution in [1.82, 2.24) is 19.5 Å². The van der Waals surface area contributed by atoms with Gasteiger partial charge in [0, 0.05) is 29.6 Å². The smallest absolute Gasteiger partial charge is 0.387 e. The SMILES string of the molecule is Nc1nc2c(ncn2[C@@H]2O[C@H](COP(=O)(O)OP(=O)(O)OP(=O)(O)O)[C@@H](O)[C@H]2O)c(=O)[nH]1.[Na]. The van der Waals surface area contributed by atoms with Crippen LogP contribution in [0.15, 0.2) is 11.1 Å². The van der Waals surface area contributed by atoms with Crippen molar-refractivity contribution in [2.24, 2.45) is 0 Å². The molecule has 181 valence electrons. The number of phosphoric acid groups is 3. The number of hydrogen-bond donors (Lipinski definition) is 8. The van der Waals surface area contributed by atoms with Crippen LogP contribution in [0.3, 0.4) is 0 Å². The Morgan fingerprint density at radius 2 is 1.76 bits per heavy atom. The molecule has 1 saturated heterocycles. The van der Waals surface area contributed by atoms with Crippen LogP contribution in [-0.4, -0.2) is 104 Å². The second kappa shape index (κ2) is 10.2. The molecule has 33 heavy (non-hydrogen) atoms. The third-order valence-corrected chi connectivity index (χ3v) is 7.68. The molecule has 1 aliphatic rings. The summed E-state index contributed by atoms with van der Waals surface area (Å²) in [6, 6.07) is 0. The second-order valence-corrected chi connectivity index (χ2v) is 10.6. The molecule has 0 amide bonds. The van der Waals surface area contributed by atoms with E-state index in [1.54, 1.807) is 0 Å². The summed E-state index contributed by atoms with van der Waals surface area (Å²) in [5.41, 5.74) is 4.50. The normalized spacial score (nSPS) is 27.1. The minimum atomic E-state index is -5.73. The zero-order chi connectivity index (χ0) is 24.1. The van der Waals surface area contributed by atoms with Crippen LogP contribution in [0.1, 0.15) is 6.23 Å². The third-order valence-electron chi connectivity index (χ3n) is 3.88. The monoisotopic (exact) mass is 546 g/mol. The molecule has 0 spiro atoms. The molecule has 23 heteroatoms. The number of H-pyrrole nitrogens is 1. The van der Waals surface area contributed by atoms with E-state index in [2.05, 4.69) is 28.1 Å². The van der Waals surface area contributed by atoms with E-state index in [9.17, 15) is 33.6 Å². The third kappa shape index (κ3) is 6.99. The van der Waals surface area contributed by atoms with E-state index in [4.69, 9.17) is 25.2 Å². The molecule has 9 N–H and O–H groups in total. The summed E-state index contributed by atoms with van der Waals surface area (Å²) in [6.45, 7) is -1.01. The van der Waals surface area contributed by atoms with Crippen molar-refractivity contribution in [2.75, 3.05) is 12.3 Å². The predicted molar refractivity (Wildman–Crippen MR) is 104 cm³/mol. The van der Waals surface area contributed by atoms with Crippen molar-refractivity contribution in [3.05, 3.63) is 16.7 Å². The molecule has 6 atom stereocenters. The molecule has 1 fully saturated rings. The Morgan fingerprint density at radius 3 is 2.36 bits per heavy atom. The van der Waals surface area contributed by atoms with Gasteiger partial charge in [-0.2, -0.15) is 13.6 Å². The minimum absolute atomic E-state index is 0. The van der Waals surface area contributed by atoms with E-state index in [1.165, 1.54) is 0 Å². The number of phosphoric ester groups is 1. The van der Waals surface area contributed by atoms with E-state index >= 15 is 0 Å². The number of aliphatic hydroxyl groups excluding tert-OH is 2. The first-order valence-corrected chi connectivity index (χ1v) is 12.6. The number of imidazole rings is 1. The summed E-state index contributed by atoms with van der Waals surface area (Å²) < 4.78 is 51.6. The zero-order valence-corrected chi connectivity index (χ0v) is 21.0. The standard InChI is InChI=1S/C10H16N5O14P3.Na/c11-10-13-7-4(8(18)14-10)12-2-15(7)9-6(17)5(16)3(27-9)1-26-31(22,23)29-32(24,25)28-30(19,20)21;/h2-3,5-6,9,16-17H,1H2,(H,22,23)(H,24,25)(H2,19,20,21)(H3,11,13,14,18);/t3-,5-,6-,9-;/m1./s1. The average Bonchev–Trinajstić information content (AvgIpc) is 3.12. The Kier molecular flexibility index (Phi) is 8.86. The van der Waals surface area contributed by atoms with Crippen molar-refractivity contribution in [2.45, 2.75) is 24.5 Å². The van der Waals surface area contributed by atoms with E-state index in [1.807, 2.05) is 0 Å². The first-order valence-electron chi connectivity index (χ1n) is 8.11. The summed E-state index contributed by atoms with van der Waals surface area (Å²) in [5, 5.41) is 20.4. The maximum absolute atomic E-state index is 11.9. The maximum atomic E-state index is 11.9. The topological polar surface area (TPSA) is 299 Å². The number of aromatic nitrogens is 4. The predicted octanol–water partition coefficient (Wildman–Crippen LogP) is -2.72. The van der Waals surface area contributed by atoms with Gasteiger partial charge in [-0.25, -0.2) is 18.7 Å². The fourth-order valence-electron chi connectivity index (χ4n) is 2.70. The van der Waals surface area contributed by atoms with Gasteiger partial charge in [-0.3, -0.25) is 18.9 Å². The molecule has 0 aliphatic carbocycles. The number of anilines is 1. The van der Waals surface area contributed by atoms with Crippen LogP contribution in [0.4, 0.5) is 5.95 Å². The summed E-state index contributed by atoms with van der Waals surface area (Å²) in [7, 11) is -16.8. The van der Waals surface area contributed by atoms with Crippen LogP contribution in [0.5, 0.6) is 0 Å². The van der Waals surface area contributed by atoms with Crippen LogP contribution in [0.25, 0.3) is 11.2 Å². The van der Waals surface area contributed by atoms with Crippen molar-refractivity contribution < 1.29 is 61.4 Å². The Bertz CT molecular complexity index is 1210. The van der Waals surface area contributed by atoms with E-state index in [-0.39, 0.29) is 46.7 Å². The second-order valence-electron chi connectivity index (χ2n) is 6.21. The molecular weight excluding hydrogens is 530 g/mol. The molecule has 1 radical (unpaired) electrons. The molecule has 2 aromatic heterocycles. The van der Waals surface area contributed by atoms with E-state index in [0.717, 1.165) is 10.9 Å². The number of aromatic amines is 1. The number of nitrogens with one attached hydrogen (secondary N) is 1. The number of hydrogen-bond acceptors (Lipinski definition) is 13. The molecular formula is C10H16N5NaO14P3. The van der Waals surface area contributed by atoms with Crippen molar-refractivity contribution >= 4 is 70.1 Å². The van der Waals surface area contributed by atoms with E-state index < -0.39 is 60.2 Å². The Labute approximate surface area is 204 Å². The number of aliphatic hydroxyl groups is 2. The van der Waals surface area contributed by atoms with Crippen LogP contribution in [-0.2, 0) is 31.6 Å². The summed E-state index contributed by atoms with van der Waals surface area (Å²) >= 11 is 0. The number of fused-ring (bicyclic) bond motifs is 1. The number of ether oxygens (including phenoxy) is 1. The van der Waals surface area contributed by atoms with Gasteiger partial charge in [0.2, 0.25) is 5.95 Å². The molecule has 2 aromatic rings.